The van der Waals surface area contributed by atoms with Gasteiger partial charge in [0.25, 0.3) is 0 Å². The van der Waals surface area contributed by atoms with Gasteiger partial charge in [-0.15, -0.1) is 0 Å². The Morgan fingerprint density at radius 2 is 1.70 bits per heavy atom. The van der Waals surface area contributed by atoms with E-state index in [1.807, 2.05) is 0 Å². The second kappa shape index (κ2) is 9.63. The Bertz CT molecular complexity index is 347. The molecule has 4 heteroatoms. The van der Waals surface area contributed by atoms with Crippen molar-refractivity contribution in [1.29, 1.82) is 0 Å². The zero-order chi connectivity index (χ0) is 17.3. The molecule has 1 saturated carbocycles. The molecule has 0 bridgehead atoms. The summed E-state index contributed by atoms with van der Waals surface area (Å²) in [4.78, 5) is 10.8. The first kappa shape index (κ1) is 20.4. The van der Waals surface area contributed by atoms with E-state index in [-0.39, 0.29) is 23.5 Å². The van der Waals surface area contributed by atoms with Crippen molar-refractivity contribution in [1.82, 2.24) is 0 Å². The molecular formula is C19H36O4. The molecule has 0 heterocycles. The number of hydrogen-bond acceptors (Lipinski definition) is 3. The lowest BCUT2D eigenvalue weighted by atomic mass is 9.84. The van der Waals surface area contributed by atoms with Crippen molar-refractivity contribution >= 4 is 5.97 Å². The van der Waals surface area contributed by atoms with Gasteiger partial charge in [-0.05, 0) is 55.8 Å². The monoisotopic (exact) mass is 328 g/mol. The van der Waals surface area contributed by atoms with Crippen LogP contribution in [-0.2, 0) is 4.79 Å². The van der Waals surface area contributed by atoms with Crippen LogP contribution in [0.2, 0.25) is 0 Å². The summed E-state index contributed by atoms with van der Waals surface area (Å²) >= 11 is 0. The van der Waals surface area contributed by atoms with Crippen molar-refractivity contribution in [2.24, 2.45) is 10.8 Å². The quantitative estimate of drug-likeness (QED) is 0.419. The third-order valence-electron chi connectivity index (χ3n) is 5.41. The van der Waals surface area contributed by atoms with Crippen LogP contribution < -0.4 is 0 Å². The van der Waals surface area contributed by atoms with Gasteiger partial charge in [-0.2, -0.15) is 0 Å². The normalized spacial score (nSPS) is 17.9. The van der Waals surface area contributed by atoms with Crippen molar-refractivity contribution in [3.8, 4) is 0 Å². The van der Waals surface area contributed by atoms with Gasteiger partial charge in [-0.1, -0.05) is 39.5 Å². The molecular weight excluding hydrogens is 292 g/mol. The van der Waals surface area contributed by atoms with Crippen molar-refractivity contribution < 1.29 is 20.1 Å². The largest absolute Gasteiger partial charge is 0.481 e. The molecule has 1 aliphatic rings. The Labute approximate surface area is 141 Å². The molecule has 136 valence electrons. The van der Waals surface area contributed by atoms with Crippen LogP contribution in [0.25, 0.3) is 0 Å². The summed E-state index contributed by atoms with van der Waals surface area (Å²) in [5, 5.41) is 27.9. The number of carboxylic acids is 1. The molecule has 0 aromatic heterocycles. The zero-order valence-electron chi connectivity index (χ0n) is 15.0. The standard InChI is InChI=1S/C19H36O4/c1-18(2,13-14-20)9-5-3-7-16(21)8-4-6-10-19(11-12-19)15-17(22)23/h16,20-21H,3-15H2,1-2H3,(H,22,23). The molecule has 1 fully saturated rings. The molecule has 0 aromatic carbocycles. The Balaban J connectivity index is 2.00. The number of aliphatic hydroxyl groups is 2. The van der Waals surface area contributed by atoms with E-state index in [9.17, 15) is 9.90 Å². The number of aliphatic hydroxyl groups excluding tert-OH is 2. The summed E-state index contributed by atoms with van der Waals surface area (Å²) in [7, 11) is 0. The minimum Gasteiger partial charge on any atom is -0.481 e. The van der Waals surface area contributed by atoms with Crippen molar-refractivity contribution in [3.05, 3.63) is 0 Å². The Hall–Kier alpha value is -0.610. The number of carboxylic acid groups (broad SMARTS) is 1. The molecule has 0 amide bonds. The van der Waals surface area contributed by atoms with Gasteiger partial charge in [-0.25, -0.2) is 0 Å². The van der Waals surface area contributed by atoms with Gasteiger partial charge in [0.15, 0.2) is 0 Å². The molecule has 1 atom stereocenters. The van der Waals surface area contributed by atoms with Gasteiger partial charge < -0.3 is 15.3 Å². The summed E-state index contributed by atoms with van der Waals surface area (Å²) in [5.74, 6) is -0.674. The summed E-state index contributed by atoms with van der Waals surface area (Å²) < 4.78 is 0. The van der Waals surface area contributed by atoms with Gasteiger partial charge in [0.05, 0.1) is 12.5 Å². The summed E-state index contributed by atoms with van der Waals surface area (Å²) in [6.45, 7) is 4.62. The van der Waals surface area contributed by atoms with E-state index in [1.165, 1.54) is 0 Å². The van der Waals surface area contributed by atoms with E-state index >= 15 is 0 Å². The first-order valence-electron chi connectivity index (χ1n) is 9.29. The lowest BCUT2D eigenvalue weighted by Crippen LogP contribution is -2.14. The minimum atomic E-state index is -0.674. The maximum Gasteiger partial charge on any atom is 0.303 e. The number of hydrogen-bond donors (Lipinski definition) is 3. The lowest BCUT2D eigenvalue weighted by Gasteiger charge is -2.23. The third-order valence-corrected chi connectivity index (χ3v) is 5.41. The highest BCUT2D eigenvalue weighted by Crippen LogP contribution is 2.52. The molecule has 4 nitrogen and oxygen atoms in total. The van der Waals surface area contributed by atoms with Crippen molar-refractivity contribution in [3.63, 3.8) is 0 Å². The van der Waals surface area contributed by atoms with Crippen LogP contribution in [0, 0.1) is 10.8 Å². The SMILES string of the molecule is CC(C)(CCO)CCCCC(O)CCCCC1(CC(=O)O)CC1. The topological polar surface area (TPSA) is 77.8 Å². The van der Waals surface area contributed by atoms with Gasteiger partial charge >= 0.3 is 5.97 Å². The van der Waals surface area contributed by atoms with E-state index in [1.54, 1.807) is 0 Å². The van der Waals surface area contributed by atoms with Crippen LogP contribution in [0.4, 0.5) is 0 Å². The molecule has 23 heavy (non-hydrogen) atoms. The molecule has 1 aliphatic carbocycles. The highest BCUT2D eigenvalue weighted by molar-refractivity contribution is 5.68. The van der Waals surface area contributed by atoms with Crippen molar-refractivity contribution in [2.75, 3.05) is 6.61 Å². The average Bonchev–Trinajstić information content (AvgIpc) is 3.19. The maximum atomic E-state index is 10.8. The molecule has 0 saturated heterocycles. The molecule has 1 rings (SSSR count). The third kappa shape index (κ3) is 9.31. The zero-order valence-corrected chi connectivity index (χ0v) is 15.0. The van der Waals surface area contributed by atoms with Gasteiger partial charge in [0.2, 0.25) is 0 Å². The smallest absolute Gasteiger partial charge is 0.303 e. The average molecular weight is 328 g/mol. The number of aliphatic carboxylic acids is 1. The summed E-state index contributed by atoms with van der Waals surface area (Å²) in [6, 6.07) is 0. The Morgan fingerprint density at radius 3 is 2.22 bits per heavy atom. The number of rotatable bonds is 14. The first-order valence-corrected chi connectivity index (χ1v) is 9.29. The van der Waals surface area contributed by atoms with E-state index in [4.69, 9.17) is 10.2 Å². The highest BCUT2D eigenvalue weighted by Gasteiger charge is 2.43. The van der Waals surface area contributed by atoms with E-state index in [0.29, 0.717) is 6.42 Å². The van der Waals surface area contributed by atoms with Gasteiger partial charge in [0, 0.05) is 6.61 Å². The molecule has 1 unspecified atom stereocenters. The fourth-order valence-corrected chi connectivity index (χ4v) is 3.45. The van der Waals surface area contributed by atoms with E-state index in [0.717, 1.165) is 70.6 Å². The second-order valence-electron chi connectivity index (χ2n) is 8.35. The van der Waals surface area contributed by atoms with Crippen LogP contribution in [0.1, 0.15) is 90.9 Å². The van der Waals surface area contributed by atoms with Crippen LogP contribution in [0.15, 0.2) is 0 Å². The van der Waals surface area contributed by atoms with Crippen LogP contribution in [0.5, 0.6) is 0 Å². The second-order valence-corrected chi connectivity index (χ2v) is 8.35. The molecule has 0 radical (unpaired) electrons. The lowest BCUT2D eigenvalue weighted by molar-refractivity contribution is -0.138. The minimum absolute atomic E-state index is 0.0923. The predicted molar refractivity (Wildman–Crippen MR) is 92.3 cm³/mol. The summed E-state index contributed by atoms with van der Waals surface area (Å²) in [6.07, 6.45) is 11.0. The number of unbranched alkanes of at least 4 members (excludes halogenated alkanes) is 2. The fourth-order valence-electron chi connectivity index (χ4n) is 3.45. The molecule has 3 N–H and O–H groups in total. The van der Waals surface area contributed by atoms with Crippen LogP contribution >= 0.6 is 0 Å². The summed E-state index contributed by atoms with van der Waals surface area (Å²) in [5.41, 5.74) is 0.289. The van der Waals surface area contributed by atoms with Crippen LogP contribution in [-0.4, -0.2) is 34.0 Å². The highest BCUT2D eigenvalue weighted by atomic mass is 16.4. The predicted octanol–water partition coefficient (Wildman–Crippen LogP) is 4.13. The Kier molecular flexibility index (Phi) is 8.56. The van der Waals surface area contributed by atoms with Crippen molar-refractivity contribution in [2.45, 2.75) is 97.0 Å². The maximum absolute atomic E-state index is 10.8. The van der Waals surface area contributed by atoms with E-state index in [2.05, 4.69) is 13.8 Å². The van der Waals surface area contributed by atoms with Gasteiger partial charge in [-0.3, -0.25) is 4.79 Å². The molecule has 0 aliphatic heterocycles. The fraction of sp³-hybridized carbons (Fsp3) is 0.947. The molecule has 0 aromatic rings. The van der Waals surface area contributed by atoms with Gasteiger partial charge in [0.1, 0.15) is 0 Å². The first-order chi connectivity index (χ1) is 10.8. The van der Waals surface area contributed by atoms with Crippen LogP contribution in [0.3, 0.4) is 0 Å². The number of carbonyl (C=O) groups is 1. The Morgan fingerprint density at radius 1 is 1.09 bits per heavy atom. The van der Waals surface area contributed by atoms with E-state index < -0.39 is 5.97 Å². The molecule has 0 spiro atoms.